The number of hydrogen-bond donors (Lipinski definition) is 2. The average Bonchev–Trinajstić information content (AvgIpc) is 3.09. The lowest BCUT2D eigenvalue weighted by Crippen LogP contribution is -2.45. The van der Waals surface area contributed by atoms with Crippen LogP contribution in [0.25, 0.3) is 0 Å². The van der Waals surface area contributed by atoms with Crippen LogP contribution in [0.2, 0.25) is 0 Å². The Hall–Kier alpha value is -2.29. The highest BCUT2D eigenvalue weighted by Gasteiger charge is 2.20. The first-order valence-electron chi connectivity index (χ1n) is 9.04. The summed E-state index contributed by atoms with van der Waals surface area (Å²) >= 11 is 0. The highest BCUT2D eigenvalue weighted by Crippen LogP contribution is 2.38. The standard InChI is InChI=1S/C18H28F2N4O3/c1-5-24(6-2)12(3)9-22-18(21-4)23-10-13-7-15-16(26-11-25-15)8-14(13)27-17(19)20/h7-8,12,17H,5-6,9-11H2,1-4H3,(H2,21,22,23). The average molecular weight is 386 g/mol. The van der Waals surface area contributed by atoms with Gasteiger partial charge in [-0.15, -0.1) is 0 Å². The van der Waals surface area contributed by atoms with Crippen LogP contribution in [-0.4, -0.2) is 57.0 Å². The predicted molar refractivity (Wildman–Crippen MR) is 99.8 cm³/mol. The zero-order valence-electron chi connectivity index (χ0n) is 16.2. The first-order chi connectivity index (χ1) is 13.0. The number of nitrogens with one attached hydrogen (secondary N) is 2. The van der Waals surface area contributed by atoms with Crippen molar-refractivity contribution in [1.82, 2.24) is 15.5 Å². The molecule has 0 fully saturated rings. The second-order valence-electron chi connectivity index (χ2n) is 6.07. The Kier molecular flexibility index (Phi) is 7.90. The lowest BCUT2D eigenvalue weighted by Gasteiger charge is -2.27. The Balaban J connectivity index is 1.99. The number of halogens is 2. The van der Waals surface area contributed by atoms with E-state index >= 15 is 0 Å². The van der Waals surface area contributed by atoms with Crippen LogP contribution >= 0.6 is 0 Å². The fraction of sp³-hybridized carbons (Fsp3) is 0.611. The van der Waals surface area contributed by atoms with Gasteiger partial charge in [-0.05, 0) is 26.1 Å². The topological polar surface area (TPSA) is 67.4 Å². The van der Waals surface area contributed by atoms with Crippen molar-refractivity contribution in [3.8, 4) is 17.2 Å². The van der Waals surface area contributed by atoms with E-state index in [-0.39, 0.29) is 19.1 Å². The minimum Gasteiger partial charge on any atom is -0.454 e. The number of fused-ring (bicyclic) bond motifs is 1. The normalized spacial score (nSPS) is 14.6. The third kappa shape index (κ3) is 5.85. The summed E-state index contributed by atoms with van der Waals surface area (Å²) in [6.07, 6.45) is 0. The number of likely N-dealkylation sites (N-methyl/N-ethyl adjacent to an activating group) is 1. The maximum atomic E-state index is 12.7. The van der Waals surface area contributed by atoms with E-state index in [1.807, 2.05) is 0 Å². The van der Waals surface area contributed by atoms with Crippen LogP contribution in [0, 0.1) is 0 Å². The maximum absolute atomic E-state index is 12.7. The lowest BCUT2D eigenvalue weighted by molar-refractivity contribution is -0.0505. The van der Waals surface area contributed by atoms with Gasteiger partial charge in [0.05, 0.1) is 0 Å². The lowest BCUT2D eigenvalue weighted by atomic mass is 10.1. The molecule has 152 valence electrons. The van der Waals surface area contributed by atoms with E-state index < -0.39 is 6.61 Å². The molecule has 0 saturated carbocycles. The molecule has 7 nitrogen and oxygen atoms in total. The van der Waals surface area contributed by atoms with E-state index in [0.717, 1.165) is 13.1 Å². The minimum atomic E-state index is -2.92. The molecule has 1 aromatic rings. The summed E-state index contributed by atoms with van der Waals surface area (Å²) in [5.74, 6) is 1.53. The van der Waals surface area contributed by atoms with Gasteiger partial charge < -0.3 is 24.8 Å². The monoisotopic (exact) mass is 386 g/mol. The van der Waals surface area contributed by atoms with Crippen molar-refractivity contribution in [2.45, 2.75) is 40.0 Å². The Bertz CT molecular complexity index is 639. The molecule has 2 N–H and O–H groups in total. The number of alkyl halides is 2. The number of guanidine groups is 1. The smallest absolute Gasteiger partial charge is 0.387 e. The zero-order chi connectivity index (χ0) is 19.8. The van der Waals surface area contributed by atoms with Gasteiger partial charge in [-0.1, -0.05) is 13.8 Å². The summed E-state index contributed by atoms with van der Waals surface area (Å²) in [6.45, 7) is 6.42. The molecule has 1 aliphatic heterocycles. The molecule has 0 saturated heterocycles. The first kappa shape index (κ1) is 21.0. The third-order valence-corrected chi connectivity index (χ3v) is 4.44. The van der Waals surface area contributed by atoms with Gasteiger partial charge in [0, 0.05) is 37.8 Å². The second-order valence-corrected chi connectivity index (χ2v) is 6.07. The SMILES string of the molecule is CCN(CC)C(C)CNC(=NC)NCc1cc2c(cc1OC(F)F)OCO2. The largest absolute Gasteiger partial charge is 0.454 e. The van der Waals surface area contributed by atoms with Crippen LogP contribution in [0.1, 0.15) is 26.3 Å². The molecule has 0 bridgehead atoms. The molecule has 1 atom stereocenters. The number of nitrogens with zero attached hydrogens (tertiary/aromatic N) is 2. The molecule has 1 aliphatic rings. The minimum absolute atomic E-state index is 0.0497. The molecule has 9 heteroatoms. The van der Waals surface area contributed by atoms with Crippen LogP contribution in [0.15, 0.2) is 17.1 Å². The van der Waals surface area contributed by atoms with Crippen LogP contribution < -0.4 is 24.8 Å². The van der Waals surface area contributed by atoms with Gasteiger partial charge in [0.15, 0.2) is 17.5 Å². The molecule has 0 radical (unpaired) electrons. The second kappa shape index (κ2) is 10.1. The molecule has 0 spiro atoms. The van der Waals surface area contributed by atoms with Crippen molar-refractivity contribution in [2.24, 2.45) is 4.99 Å². The summed E-state index contributed by atoms with van der Waals surface area (Å²) in [6, 6.07) is 3.39. The molecule has 0 amide bonds. The summed E-state index contributed by atoms with van der Waals surface area (Å²) in [5.41, 5.74) is 0.527. The van der Waals surface area contributed by atoms with Gasteiger partial charge in [-0.3, -0.25) is 9.89 Å². The van der Waals surface area contributed by atoms with Crippen LogP contribution in [0.3, 0.4) is 0 Å². The molecular formula is C18H28F2N4O3. The number of aliphatic imine (C=N–C) groups is 1. The first-order valence-corrected chi connectivity index (χ1v) is 9.04. The van der Waals surface area contributed by atoms with E-state index in [1.165, 1.54) is 6.07 Å². The zero-order valence-corrected chi connectivity index (χ0v) is 16.2. The fourth-order valence-corrected chi connectivity index (χ4v) is 2.93. The highest BCUT2D eigenvalue weighted by molar-refractivity contribution is 5.79. The van der Waals surface area contributed by atoms with E-state index in [0.29, 0.717) is 35.6 Å². The Morgan fingerprint density at radius 1 is 1.22 bits per heavy atom. The molecule has 27 heavy (non-hydrogen) atoms. The van der Waals surface area contributed by atoms with Crippen LogP contribution in [0.5, 0.6) is 17.2 Å². The van der Waals surface area contributed by atoms with E-state index in [1.54, 1.807) is 13.1 Å². The molecule has 1 aromatic carbocycles. The number of benzene rings is 1. The van der Waals surface area contributed by atoms with E-state index in [4.69, 9.17) is 9.47 Å². The van der Waals surface area contributed by atoms with Crippen molar-refractivity contribution in [3.05, 3.63) is 17.7 Å². The molecule has 0 aromatic heterocycles. The predicted octanol–water partition coefficient (Wildman–Crippen LogP) is 2.41. The molecular weight excluding hydrogens is 358 g/mol. The van der Waals surface area contributed by atoms with E-state index in [9.17, 15) is 8.78 Å². The van der Waals surface area contributed by atoms with E-state index in [2.05, 4.69) is 46.0 Å². The number of hydrogen-bond acceptors (Lipinski definition) is 5. The number of ether oxygens (including phenoxy) is 3. The van der Waals surface area contributed by atoms with Crippen molar-refractivity contribution in [2.75, 3.05) is 33.5 Å². The van der Waals surface area contributed by atoms with Crippen molar-refractivity contribution >= 4 is 5.96 Å². The summed E-state index contributed by atoms with van der Waals surface area (Å²) in [7, 11) is 1.66. The van der Waals surface area contributed by atoms with Gasteiger partial charge >= 0.3 is 6.61 Å². The van der Waals surface area contributed by atoms with Crippen LogP contribution in [0.4, 0.5) is 8.78 Å². The van der Waals surface area contributed by atoms with Gasteiger partial charge in [0.1, 0.15) is 5.75 Å². The van der Waals surface area contributed by atoms with Crippen molar-refractivity contribution in [1.29, 1.82) is 0 Å². The number of rotatable bonds is 9. The molecule has 1 heterocycles. The van der Waals surface area contributed by atoms with Crippen LogP contribution in [-0.2, 0) is 6.54 Å². The summed E-state index contributed by atoms with van der Waals surface area (Å²) in [4.78, 5) is 6.51. The van der Waals surface area contributed by atoms with Gasteiger partial charge in [0.2, 0.25) is 6.79 Å². The molecule has 0 aliphatic carbocycles. The molecule has 2 rings (SSSR count). The quantitative estimate of drug-likeness (QED) is 0.502. The van der Waals surface area contributed by atoms with Crippen molar-refractivity contribution in [3.63, 3.8) is 0 Å². The maximum Gasteiger partial charge on any atom is 0.387 e. The van der Waals surface area contributed by atoms with Gasteiger partial charge in [-0.2, -0.15) is 8.78 Å². The highest BCUT2D eigenvalue weighted by atomic mass is 19.3. The molecule has 1 unspecified atom stereocenters. The Morgan fingerprint density at radius 2 is 1.89 bits per heavy atom. The third-order valence-electron chi connectivity index (χ3n) is 4.44. The Labute approximate surface area is 158 Å². The van der Waals surface area contributed by atoms with Gasteiger partial charge in [0.25, 0.3) is 0 Å². The van der Waals surface area contributed by atoms with Gasteiger partial charge in [-0.25, -0.2) is 0 Å². The summed E-state index contributed by atoms with van der Waals surface area (Å²) in [5, 5.41) is 6.37. The van der Waals surface area contributed by atoms with Crippen molar-refractivity contribution < 1.29 is 23.0 Å². The fourth-order valence-electron chi connectivity index (χ4n) is 2.93. The Morgan fingerprint density at radius 3 is 2.48 bits per heavy atom. The summed E-state index contributed by atoms with van der Waals surface area (Å²) < 4.78 is 40.6.